The van der Waals surface area contributed by atoms with Crippen molar-refractivity contribution in [3.05, 3.63) is 0 Å². The molecular weight excluding hydrogens is 208 g/mol. The van der Waals surface area contributed by atoms with Gasteiger partial charge in [0.1, 0.15) is 6.04 Å². The van der Waals surface area contributed by atoms with Crippen molar-refractivity contribution in [3.8, 4) is 0 Å². The first-order chi connectivity index (χ1) is 7.72. The fourth-order valence-corrected chi connectivity index (χ4v) is 1.96. The molecule has 5 nitrogen and oxygen atoms in total. The smallest absolute Gasteiger partial charge is 0.325 e. The fourth-order valence-electron chi connectivity index (χ4n) is 1.96. The van der Waals surface area contributed by atoms with Crippen LogP contribution in [0.4, 0.5) is 0 Å². The van der Waals surface area contributed by atoms with Crippen LogP contribution in [-0.2, 0) is 14.3 Å². The minimum absolute atomic E-state index is 0.0520. The zero-order chi connectivity index (χ0) is 11.5. The van der Waals surface area contributed by atoms with E-state index in [1.54, 1.807) is 11.9 Å². The van der Waals surface area contributed by atoms with Gasteiger partial charge in [0.05, 0.1) is 6.61 Å². The molecule has 0 spiro atoms. The second-order valence-electron chi connectivity index (χ2n) is 4.35. The first kappa shape index (κ1) is 11.4. The van der Waals surface area contributed by atoms with E-state index < -0.39 is 0 Å². The number of carbonyl (C=O) groups excluding carboxylic acids is 2. The Hall–Kier alpha value is -1.10. The summed E-state index contributed by atoms with van der Waals surface area (Å²) in [5, 5.41) is 1.73. The summed E-state index contributed by atoms with van der Waals surface area (Å²) in [7, 11) is 0. The summed E-state index contributed by atoms with van der Waals surface area (Å²) in [6.07, 6.45) is 3.64. The number of rotatable bonds is 4. The number of nitrogens with one attached hydrogen (secondary N) is 1. The van der Waals surface area contributed by atoms with Gasteiger partial charge in [-0.15, -0.1) is 0 Å². The van der Waals surface area contributed by atoms with Crippen molar-refractivity contribution in [3.63, 3.8) is 0 Å². The highest BCUT2D eigenvalue weighted by Crippen LogP contribution is 2.29. The van der Waals surface area contributed by atoms with E-state index in [-0.39, 0.29) is 23.8 Å². The van der Waals surface area contributed by atoms with E-state index in [2.05, 4.69) is 5.43 Å². The van der Waals surface area contributed by atoms with Gasteiger partial charge in [-0.05, 0) is 32.6 Å². The van der Waals surface area contributed by atoms with E-state index in [1.165, 1.54) is 0 Å². The molecule has 1 saturated carbocycles. The third kappa shape index (κ3) is 2.52. The van der Waals surface area contributed by atoms with Gasteiger partial charge < -0.3 is 4.74 Å². The van der Waals surface area contributed by atoms with Crippen molar-refractivity contribution in [1.82, 2.24) is 10.4 Å². The molecule has 1 aliphatic carbocycles. The average Bonchev–Trinajstić information content (AvgIpc) is 3.00. The Bertz CT molecular complexity index is 289. The van der Waals surface area contributed by atoms with Crippen LogP contribution in [0.5, 0.6) is 0 Å². The van der Waals surface area contributed by atoms with Crippen LogP contribution in [0, 0.1) is 5.92 Å². The molecule has 16 heavy (non-hydrogen) atoms. The summed E-state index contributed by atoms with van der Waals surface area (Å²) in [4.78, 5) is 23.2. The molecular formula is C11H18N2O3. The zero-order valence-corrected chi connectivity index (χ0v) is 9.57. The van der Waals surface area contributed by atoms with Crippen LogP contribution < -0.4 is 5.43 Å². The van der Waals surface area contributed by atoms with Gasteiger partial charge in [0.15, 0.2) is 0 Å². The molecule has 1 amide bonds. The monoisotopic (exact) mass is 226 g/mol. The lowest BCUT2D eigenvalue weighted by atomic mass is 10.2. The van der Waals surface area contributed by atoms with E-state index in [4.69, 9.17) is 4.74 Å². The zero-order valence-electron chi connectivity index (χ0n) is 9.57. The van der Waals surface area contributed by atoms with E-state index in [0.717, 1.165) is 32.2 Å². The maximum absolute atomic E-state index is 11.6. The predicted octanol–water partition coefficient (Wildman–Crippen LogP) is 0.455. The van der Waals surface area contributed by atoms with Crippen LogP contribution in [0.2, 0.25) is 0 Å². The normalized spacial score (nSPS) is 25.4. The third-order valence-electron chi connectivity index (χ3n) is 3.01. The van der Waals surface area contributed by atoms with Crippen molar-refractivity contribution >= 4 is 11.9 Å². The van der Waals surface area contributed by atoms with Crippen molar-refractivity contribution in [1.29, 1.82) is 0 Å². The molecule has 1 aliphatic heterocycles. The predicted molar refractivity (Wildman–Crippen MR) is 57.2 cm³/mol. The van der Waals surface area contributed by atoms with Gasteiger partial charge in [0.25, 0.3) is 0 Å². The number of carbonyl (C=O) groups is 2. The van der Waals surface area contributed by atoms with Gasteiger partial charge in [-0.2, -0.15) is 0 Å². The Morgan fingerprint density at radius 1 is 1.38 bits per heavy atom. The number of nitrogens with zero attached hydrogens (tertiary/aromatic N) is 1. The number of ether oxygens (including phenoxy) is 1. The topological polar surface area (TPSA) is 58.6 Å². The Kier molecular flexibility index (Phi) is 3.43. The third-order valence-corrected chi connectivity index (χ3v) is 3.01. The Morgan fingerprint density at radius 3 is 2.75 bits per heavy atom. The molecule has 0 aromatic rings. The van der Waals surface area contributed by atoms with Gasteiger partial charge in [-0.3, -0.25) is 15.0 Å². The summed E-state index contributed by atoms with van der Waals surface area (Å²) in [6, 6.07) is -0.289. The molecule has 1 N–H and O–H groups in total. The minimum atomic E-state index is -0.289. The van der Waals surface area contributed by atoms with Gasteiger partial charge in [0, 0.05) is 12.5 Å². The Balaban J connectivity index is 1.86. The number of amides is 1. The van der Waals surface area contributed by atoms with Crippen LogP contribution >= 0.6 is 0 Å². The summed E-state index contributed by atoms with van der Waals surface area (Å²) < 4.78 is 4.98. The summed E-state index contributed by atoms with van der Waals surface area (Å²) in [5.41, 5.74) is 2.82. The molecule has 0 aromatic carbocycles. The van der Waals surface area contributed by atoms with Gasteiger partial charge >= 0.3 is 5.97 Å². The van der Waals surface area contributed by atoms with Crippen LogP contribution in [0.15, 0.2) is 0 Å². The van der Waals surface area contributed by atoms with Crippen LogP contribution in [0.25, 0.3) is 0 Å². The highest BCUT2D eigenvalue weighted by molar-refractivity contribution is 5.81. The molecule has 0 radical (unpaired) electrons. The second kappa shape index (κ2) is 4.82. The molecule has 0 bridgehead atoms. The van der Waals surface area contributed by atoms with Crippen LogP contribution in [0.3, 0.4) is 0 Å². The fraction of sp³-hybridized carbons (Fsp3) is 0.818. The van der Waals surface area contributed by atoms with Gasteiger partial charge in [-0.1, -0.05) is 0 Å². The van der Waals surface area contributed by atoms with Crippen molar-refractivity contribution in [2.75, 3.05) is 13.2 Å². The van der Waals surface area contributed by atoms with E-state index >= 15 is 0 Å². The lowest BCUT2D eigenvalue weighted by Gasteiger charge is -2.23. The standard InChI is InChI=1S/C11H18N2O3/c1-2-16-11(15)9-4-3-7-13(9)12-10(14)8-5-6-8/h8-9H,2-7H2,1H3,(H,12,14)/t9-/m1/s1. The minimum Gasteiger partial charge on any atom is -0.465 e. The highest BCUT2D eigenvalue weighted by Gasteiger charge is 2.36. The van der Waals surface area contributed by atoms with E-state index in [0.29, 0.717) is 6.61 Å². The molecule has 1 heterocycles. The molecule has 90 valence electrons. The number of hydrogen-bond donors (Lipinski definition) is 1. The van der Waals surface area contributed by atoms with Crippen LogP contribution in [0.1, 0.15) is 32.6 Å². The second-order valence-corrected chi connectivity index (χ2v) is 4.35. The quantitative estimate of drug-likeness (QED) is 0.707. The van der Waals surface area contributed by atoms with Crippen LogP contribution in [-0.4, -0.2) is 36.1 Å². The summed E-state index contributed by atoms with van der Waals surface area (Å²) in [5.74, 6) is -0.00394. The molecule has 2 rings (SSSR count). The Morgan fingerprint density at radius 2 is 2.12 bits per heavy atom. The van der Waals surface area contributed by atoms with E-state index in [1.807, 2.05) is 0 Å². The molecule has 0 unspecified atom stereocenters. The molecule has 2 fully saturated rings. The lowest BCUT2D eigenvalue weighted by Crippen LogP contribution is -2.49. The lowest BCUT2D eigenvalue weighted by molar-refractivity contribution is -0.150. The molecule has 1 atom stereocenters. The number of esters is 1. The molecule has 0 aromatic heterocycles. The van der Waals surface area contributed by atoms with Crippen molar-refractivity contribution < 1.29 is 14.3 Å². The summed E-state index contributed by atoms with van der Waals surface area (Å²) >= 11 is 0. The average molecular weight is 226 g/mol. The highest BCUT2D eigenvalue weighted by atomic mass is 16.5. The Labute approximate surface area is 95.1 Å². The largest absolute Gasteiger partial charge is 0.465 e. The number of hydrazine groups is 1. The number of hydrogen-bond acceptors (Lipinski definition) is 4. The van der Waals surface area contributed by atoms with Gasteiger partial charge in [-0.25, -0.2) is 5.01 Å². The van der Waals surface area contributed by atoms with E-state index in [9.17, 15) is 9.59 Å². The SMILES string of the molecule is CCOC(=O)[C@H]1CCCN1NC(=O)C1CC1. The summed E-state index contributed by atoms with van der Waals surface area (Å²) in [6.45, 7) is 2.92. The maximum atomic E-state index is 11.6. The maximum Gasteiger partial charge on any atom is 0.325 e. The first-order valence-electron chi connectivity index (χ1n) is 5.96. The first-order valence-corrected chi connectivity index (χ1v) is 5.96. The molecule has 1 saturated heterocycles. The van der Waals surface area contributed by atoms with Crippen molar-refractivity contribution in [2.24, 2.45) is 5.92 Å². The van der Waals surface area contributed by atoms with Crippen molar-refractivity contribution in [2.45, 2.75) is 38.6 Å². The molecule has 2 aliphatic rings. The van der Waals surface area contributed by atoms with Gasteiger partial charge in [0.2, 0.25) is 5.91 Å². The molecule has 5 heteroatoms.